The van der Waals surface area contributed by atoms with Crippen LogP contribution in [0.2, 0.25) is 0 Å². The molecule has 0 spiro atoms. The number of fused-ring (bicyclic) bond motifs is 10. The zero-order chi connectivity index (χ0) is 63.9. The predicted molar refractivity (Wildman–Crippen MR) is 308 cm³/mol. The van der Waals surface area contributed by atoms with Crippen LogP contribution in [0.25, 0.3) is 60.6 Å². The van der Waals surface area contributed by atoms with E-state index in [1.54, 1.807) is 41.3 Å². The molecule has 0 saturated carbocycles. The average molecular weight is 951 g/mol. The lowest BCUT2D eigenvalue weighted by atomic mass is 9.33. The van der Waals surface area contributed by atoms with Gasteiger partial charge in [0.05, 0.1) is 29.3 Å². The van der Waals surface area contributed by atoms with Gasteiger partial charge in [-0.1, -0.05) is 177 Å². The first kappa shape index (κ1) is 29.6. The van der Waals surface area contributed by atoms with Gasteiger partial charge in [0, 0.05) is 66.4 Å². The summed E-state index contributed by atoms with van der Waals surface area (Å²) in [5.74, 6) is 0. The molecule has 72 heavy (non-hydrogen) atoms. The van der Waals surface area contributed by atoms with Crippen molar-refractivity contribution in [3.63, 3.8) is 0 Å². The number of anilines is 6. The Kier molecular flexibility index (Phi) is 6.41. The van der Waals surface area contributed by atoms with Crippen molar-refractivity contribution < 1.29 is 27.7 Å². The zero-order valence-corrected chi connectivity index (χ0v) is 40.8. The van der Waals surface area contributed by atoms with Crippen LogP contribution >= 0.6 is 0 Å². The highest BCUT2D eigenvalue weighted by atomic mass is 16.3. The molecule has 352 valence electrons. The van der Waals surface area contributed by atoms with E-state index in [-0.39, 0.29) is 38.9 Å². The highest BCUT2D eigenvalue weighted by molar-refractivity contribution is 7.00. The summed E-state index contributed by atoms with van der Waals surface area (Å²) < 4.78 is 163. The average Bonchev–Trinajstić information content (AvgIpc) is 1.38. The van der Waals surface area contributed by atoms with E-state index in [1.165, 1.54) is 12.1 Å². The number of aryl methyl sites for hydroxylation is 1. The highest BCUT2D eigenvalue weighted by Gasteiger charge is 2.45. The highest BCUT2D eigenvalue weighted by Crippen LogP contribution is 2.50. The molecule has 2 aliphatic rings. The van der Waals surface area contributed by atoms with Gasteiger partial charge in [0.2, 0.25) is 0 Å². The second-order valence-corrected chi connectivity index (χ2v) is 21.4. The number of furan rings is 1. The van der Waals surface area contributed by atoms with E-state index in [0.29, 0.717) is 61.4 Å². The van der Waals surface area contributed by atoms with E-state index < -0.39 is 80.7 Å². The first-order valence-corrected chi connectivity index (χ1v) is 24.3. The molecule has 9 aromatic carbocycles. The molecule has 0 bridgehead atoms. The topological polar surface area (TPSA) is 24.6 Å². The number of hydrogen-bond acceptors (Lipinski definition) is 3. The van der Waals surface area contributed by atoms with Crippen molar-refractivity contribution in [1.29, 1.82) is 0 Å². The van der Waals surface area contributed by atoms with Crippen LogP contribution in [0.15, 0.2) is 186 Å². The van der Waals surface area contributed by atoms with Crippen molar-refractivity contribution in [3.05, 3.63) is 204 Å². The van der Waals surface area contributed by atoms with Crippen LogP contribution in [-0.4, -0.2) is 11.3 Å². The van der Waals surface area contributed by atoms with Gasteiger partial charge in [-0.3, -0.25) is 0 Å². The van der Waals surface area contributed by atoms with Gasteiger partial charge in [-0.05, 0) is 140 Å². The Labute approximate surface area is 448 Å². The number of nitrogens with zero attached hydrogens (tertiary/aromatic N) is 3. The third-order valence-electron chi connectivity index (χ3n) is 14.8. The molecule has 0 fully saturated rings. The Morgan fingerprint density at radius 2 is 1.11 bits per heavy atom. The van der Waals surface area contributed by atoms with Gasteiger partial charge in [-0.2, -0.15) is 0 Å². The first-order chi connectivity index (χ1) is 41.6. The second-order valence-electron chi connectivity index (χ2n) is 21.4. The van der Waals surface area contributed by atoms with E-state index in [0.717, 1.165) is 32.9 Å². The Morgan fingerprint density at radius 3 is 1.79 bits per heavy atom. The molecule has 0 unspecified atom stereocenters. The molecule has 0 saturated heterocycles. The van der Waals surface area contributed by atoms with Crippen LogP contribution in [0.4, 0.5) is 34.1 Å². The number of para-hydroxylation sites is 3. The lowest BCUT2D eigenvalue weighted by molar-refractivity contribution is 0.590. The van der Waals surface area contributed by atoms with Gasteiger partial charge >= 0.3 is 0 Å². The summed E-state index contributed by atoms with van der Waals surface area (Å²) in [6.07, 6.45) is 0. The molecule has 0 aliphatic carbocycles. The van der Waals surface area contributed by atoms with E-state index in [9.17, 15) is 4.11 Å². The Balaban J connectivity index is 1.21. The van der Waals surface area contributed by atoms with Gasteiger partial charge in [0.1, 0.15) is 0 Å². The first-order valence-electron chi connectivity index (χ1n) is 32.8. The Bertz CT molecular complexity index is 4670. The van der Waals surface area contributed by atoms with Crippen molar-refractivity contribution in [2.24, 2.45) is 0 Å². The van der Waals surface area contributed by atoms with E-state index in [2.05, 4.69) is 52.2 Å². The second kappa shape index (κ2) is 15.6. The molecule has 2 aromatic heterocycles. The van der Waals surface area contributed by atoms with Crippen molar-refractivity contribution in [2.75, 3.05) is 9.80 Å². The summed E-state index contributed by atoms with van der Waals surface area (Å²) in [5, 5.41) is 2.51. The van der Waals surface area contributed by atoms with Crippen molar-refractivity contribution in [1.82, 2.24) is 4.57 Å². The molecule has 4 nitrogen and oxygen atoms in total. The van der Waals surface area contributed by atoms with Crippen LogP contribution in [0.3, 0.4) is 0 Å². The van der Waals surface area contributed by atoms with Crippen LogP contribution < -0.4 is 26.2 Å². The number of aromatic nitrogens is 1. The minimum Gasteiger partial charge on any atom is -0.452 e. The number of hydrogen-bond donors (Lipinski definition) is 0. The minimum absolute atomic E-state index is 0.0283. The molecular weight excluding hydrogens is 874 g/mol. The molecule has 11 aromatic rings. The lowest BCUT2D eigenvalue weighted by Crippen LogP contribution is -2.61. The molecule has 2 aliphatic heterocycles. The fourth-order valence-corrected chi connectivity index (χ4v) is 11.3. The number of rotatable bonds is 4. The monoisotopic (exact) mass is 951 g/mol. The number of benzene rings is 9. The third kappa shape index (κ3) is 6.73. The van der Waals surface area contributed by atoms with Crippen LogP contribution in [0.5, 0.6) is 0 Å². The maximum absolute atomic E-state index is 9.23. The summed E-state index contributed by atoms with van der Waals surface area (Å²) in [4.78, 5) is 3.67. The molecule has 0 amide bonds. The van der Waals surface area contributed by atoms with Gasteiger partial charge in [-0.25, -0.2) is 0 Å². The molecule has 0 radical (unpaired) electrons. The largest absolute Gasteiger partial charge is 0.452 e. The van der Waals surface area contributed by atoms with Gasteiger partial charge < -0.3 is 18.8 Å². The maximum atomic E-state index is 9.23. The third-order valence-corrected chi connectivity index (χ3v) is 14.8. The van der Waals surface area contributed by atoms with E-state index >= 15 is 0 Å². The summed E-state index contributed by atoms with van der Waals surface area (Å²) in [6, 6.07) is 43.7. The summed E-state index contributed by atoms with van der Waals surface area (Å²) in [5.41, 5.74) is 4.00. The quantitative estimate of drug-likeness (QED) is 0.164. The zero-order valence-electron chi connectivity index (χ0n) is 57.8. The minimum atomic E-state index is -3.70. The van der Waals surface area contributed by atoms with Gasteiger partial charge in [0.15, 0.2) is 11.2 Å². The smallest absolute Gasteiger partial charge is 0.252 e. The normalized spacial score (nSPS) is 17.8. The summed E-state index contributed by atoms with van der Waals surface area (Å²) in [6.45, 7) is -2.21. The maximum Gasteiger partial charge on any atom is 0.252 e. The van der Waals surface area contributed by atoms with Gasteiger partial charge in [-0.15, -0.1) is 0 Å². The van der Waals surface area contributed by atoms with Crippen molar-refractivity contribution >= 4 is 101 Å². The molecule has 13 rings (SSSR count). The molecule has 4 heterocycles. The van der Waals surface area contributed by atoms with Crippen molar-refractivity contribution in [2.45, 2.75) is 85.2 Å². The fourth-order valence-electron chi connectivity index (χ4n) is 11.3. The molecule has 5 heteroatoms. The van der Waals surface area contributed by atoms with E-state index in [4.69, 9.17) is 23.6 Å². The molecule has 0 atom stereocenters. The fraction of sp³-hybridized carbons (Fsp3) is 0.194. The SMILES string of the molecule is [2H]c1c([2H])c([2H])c(-c2ccc3c(c2)N(c2ccc(C(C)(C)C)cc2)c2cc(C([2H])([2H])[2H])cc4c2B3c2cc(C(C)(C)C)ccc2N4c2cc(C(C([2H])([2H])[2H])(C([2H])([2H])[2H])C([2H])([2H])[2H])cc3c2oc2c(-n4c5ccccc5c5ccccc54)cccc23)c([2H])c1[2H]. The van der Waals surface area contributed by atoms with Crippen LogP contribution in [0.1, 0.15) is 108 Å². The predicted octanol–water partition coefficient (Wildman–Crippen LogP) is 16.6. The van der Waals surface area contributed by atoms with E-state index in [1.807, 2.05) is 102 Å². The standard InChI is InChI=1S/C67H60BN3O/c1-41-35-59-62-60(36-41)71(61-40-46(67(8,9)10)38-51-50-23-18-26-57(63(50)72-64(51)61)70-54-24-16-14-21-48(54)49-22-15-17-25-55(49)70)56-34-30-45(66(5,6)7)39-53(56)68(62)52-33-27-43(42-19-12-11-13-20-42)37-58(52)69(59)47-31-28-44(29-32-47)65(2,3)4/h11-40H,1-10H3/i1D3,8D3,9D3,10D3,11D,12D,13D,19D,20D. The van der Waals surface area contributed by atoms with Gasteiger partial charge in [0.25, 0.3) is 6.71 Å². The van der Waals surface area contributed by atoms with Crippen molar-refractivity contribution in [3.8, 4) is 16.8 Å². The van der Waals surface area contributed by atoms with Crippen LogP contribution in [0, 0.1) is 6.85 Å². The summed E-state index contributed by atoms with van der Waals surface area (Å²) >= 11 is 0. The Hall–Kier alpha value is -7.76. The van der Waals surface area contributed by atoms with Crippen LogP contribution in [-0.2, 0) is 16.2 Å². The lowest BCUT2D eigenvalue weighted by Gasteiger charge is -2.45. The Morgan fingerprint density at radius 1 is 0.458 bits per heavy atom. The molecule has 0 N–H and O–H groups in total. The summed E-state index contributed by atoms with van der Waals surface area (Å²) in [7, 11) is 0. The molecular formula is C67H60BN3O.